The summed E-state index contributed by atoms with van der Waals surface area (Å²) in [6.07, 6.45) is 1.56. The molecule has 18 heavy (non-hydrogen) atoms. The molecule has 1 aromatic carbocycles. The molecule has 0 bridgehead atoms. The van der Waals surface area contributed by atoms with Crippen molar-refractivity contribution in [3.05, 3.63) is 23.8 Å². The number of carbonyl (C=O) groups is 1. The first-order valence-electron chi connectivity index (χ1n) is 5.80. The lowest BCUT2D eigenvalue weighted by molar-refractivity contribution is -0.133. The Morgan fingerprint density at radius 3 is 3.00 bits per heavy atom. The fourth-order valence-corrected chi connectivity index (χ4v) is 1.98. The molecule has 1 aliphatic rings. The lowest BCUT2D eigenvalue weighted by Crippen LogP contribution is -2.39. The molecule has 94 valence electrons. The van der Waals surface area contributed by atoms with Gasteiger partial charge in [0.05, 0.1) is 11.3 Å². The smallest absolute Gasteiger partial charge is 0.256 e. The Labute approximate surface area is 106 Å². The van der Waals surface area contributed by atoms with Gasteiger partial charge in [0, 0.05) is 12.3 Å². The van der Waals surface area contributed by atoms with E-state index in [-0.39, 0.29) is 5.91 Å². The van der Waals surface area contributed by atoms with Gasteiger partial charge in [-0.2, -0.15) is 5.26 Å². The number of nitrogens with one attached hydrogen (secondary N) is 1. The van der Waals surface area contributed by atoms with Gasteiger partial charge in [0.1, 0.15) is 11.7 Å². The predicted molar refractivity (Wildman–Crippen MR) is 67.8 cm³/mol. The van der Waals surface area contributed by atoms with Crippen LogP contribution < -0.4 is 11.1 Å². The first-order chi connectivity index (χ1) is 8.55. The van der Waals surface area contributed by atoms with Gasteiger partial charge in [-0.15, -0.1) is 0 Å². The van der Waals surface area contributed by atoms with Gasteiger partial charge in [-0.1, -0.05) is 0 Å². The molecule has 1 aromatic rings. The Kier molecular flexibility index (Phi) is 3.21. The minimum absolute atomic E-state index is 0.221. The number of benzene rings is 1. The molecule has 0 aromatic heterocycles. The number of carbonyl (C=O) groups excluding carboxylic acids is 1. The van der Waals surface area contributed by atoms with Crippen LogP contribution in [0.5, 0.6) is 0 Å². The maximum atomic E-state index is 12.1. The fraction of sp³-hybridized carbons (Fsp3) is 0.385. The average molecular weight is 245 g/mol. The van der Waals surface area contributed by atoms with Crippen LogP contribution in [0.3, 0.4) is 0 Å². The van der Waals surface area contributed by atoms with Gasteiger partial charge in [-0.3, -0.25) is 4.79 Å². The standard InChI is InChI=1S/C13H15N3O2/c1-13(5-2-6-18-13)12(17)16-11-4-3-10(15)7-9(11)8-14/h3-4,7H,2,5-6,15H2,1H3,(H,16,17). The molecule has 1 amide bonds. The zero-order chi connectivity index (χ0) is 13.2. The molecular weight excluding hydrogens is 230 g/mol. The molecule has 1 aliphatic heterocycles. The number of amides is 1. The van der Waals surface area contributed by atoms with E-state index in [0.717, 1.165) is 6.42 Å². The van der Waals surface area contributed by atoms with Crippen LogP contribution in [0, 0.1) is 11.3 Å². The number of rotatable bonds is 2. The normalized spacial score (nSPS) is 22.4. The second-order valence-electron chi connectivity index (χ2n) is 4.55. The number of hydrogen-bond acceptors (Lipinski definition) is 4. The summed E-state index contributed by atoms with van der Waals surface area (Å²) in [5, 5.41) is 11.7. The van der Waals surface area contributed by atoms with Crippen molar-refractivity contribution in [2.24, 2.45) is 0 Å². The van der Waals surface area contributed by atoms with Crippen LogP contribution in [0.4, 0.5) is 11.4 Å². The topological polar surface area (TPSA) is 88.1 Å². The van der Waals surface area contributed by atoms with Crippen LogP contribution in [0.15, 0.2) is 18.2 Å². The SMILES string of the molecule is CC1(C(=O)Nc2ccc(N)cc2C#N)CCCO1. The van der Waals surface area contributed by atoms with E-state index >= 15 is 0 Å². The van der Waals surface area contributed by atoms with Gasteiger partial charge in [0.15, 0.2) is 0 Å². The second-order valence-corrected chi connectivity index (χ2v) is 4.55. The van der Waals surface area contributed by atoms with E-state index in [4.69, 9.17) is 15.7 Å². The minimum Gasteiger partial charge on any atom is -0.399 e. The number of nitrogen functional groups attached to an aromatic ring is 1. The molecule has 0 spiro atoms. The number of ether oxygens (including phenoxy) is 1. The van der Waals surface area contributed by atoms with E-state index in [1.54, 1.807) is 19.1 Å². The van der Waals surface area contributed by atoms with Crippen LogP contribution >= 0.6 is 0 Å². The van der Waals surface area contributed by atoms with Crippen molar-refractivity contribution >= 4 is 17.3 Å². The lowest BCUT2D eigenvalue weighted by Gasteiger charge is -2.22. The van der Waals surface area contributed by atoms with E-state index in [0.29, 0.717) is 30.0 Å². The van der Waals surface area contributed by atoms with Crippen molar-refractivity contribution in [1.29, 1.82) is 5.26 Å². The molecule has 5 nitrogen and oxygen atoms in total. The van der Waals surface area contributed by atoms with E-state index in [1.165, 1.54) is 6.07 Å². The second kappa shape index (κ2) is 4.67. The summed E-state index contributed by atoms with van der Waals surface area (Å²) in [6.45, 7) is 2.36. The van der Waals surface area contributed by atoms with Crippen LogP contribution in [0.2, 0.25) is 0 Å². The minimum atomic E-state index is -0.798. The predicted octanol–water partition coefficient (Wildman–Crippen LogP) is 1.65. The van der Waals surface area contributed by atoms with E-state index in [1.807, 2.05) is 6.07 Å². The summed E-state index contributed by atoms with van der Waals surface area (Å²) in [7, 11) is 0. The summed E-state index contributed by atoms with van der Waals surface area (Å²) in [5.74, 6) is -0.221. The highest BCUT2D eigenvalue weighted by atomic mass is 16.5. The Morgan fingerprint density at radius 2 is 2.39 bits per heavy atom. The van der Waals surface area contributed by atoms with Crippen molar-refractivity contribution < 1.29 is 9.53 Å². The van der Waals surface area contributed by atoms with Crippen LogP contribution in [0.25, 0.3) is 0 Å². The van der Waals surface area contributed by atoms with Gasteiger partial charge in [-0.05, 0) is 38.0 Å². The number of anilines is 2. The van der Waals surface area contributed by atoms with Crippen molar-refractivity contribution in [1.82, 2.24) is 0 Å². The molecular formula is C13H15N3O2. The van der Waals surface area contributed by atoms with Crippen molar-refractivity contribution in [3.63, 3.8) is 0 Å². The zero-order valence-electron chi connectivity index (χ0n) is 10.2. The monoisotopic (exact) mass is 245 g/mol. The Hall–Kier alpha value is -2.06. The zero-order valence-corrected chi connectivity index (χ0v) is 10.2. The highest BCUT2D eigenvalue weighted by Crippen LogP contribution is 2.27. The summed E-state index contributed by atoms with van der Waals surface area (Å²) in [4.78, 5) is 12.1. The molecule has 1 fully saturated rings. The van der Waals surface area contributed by atoms with Gasteiger partial charge in [0.2, 0.25) is 0 Å². The van der Waals surface area contributed by atoms with Crippen molar-refractivity contribution in [2.45, 2.75) is 25.4 Å². The quantitative estimate of drug-likeness (QED) is 0.775. The maximum absolute atomic E-state index is 12.1. The molecule has 1 heterocycles. The molecule has 3 N–H and O–H groups in total. The van der Waals surface area contributed by atoms with Gasteiger partial charge < -0.3 is 15.8 Å². The number of hydrogen-bond donors (Lipinski definition) is 2. The summed E-state index contributed by atoms with van der Waals surface area (Å²) < 4.78 is 5.45. The summed E-state index contributed by atoms with van der Waals surface area (Å²) in [6, 6.07) is 6.82. The van der Waals surface area contributed by atoms with E-state index in [9.17, 15) is 4.79 Å². The van der Waals surface area contributed by atoms with Crippen LogP contribution in [-0.2, 0) is 9.53 Å². The van der Waals surface area contributed by atoms with E-state index in [2.05, 4.69) is 5.32 Å². The number of nitrogens with zero attached hydrogens (tertiary/aromatic N) is 1. The molecule has 1 saturated heterocycles. The third kappa shape index (κ3) is 2.29. The molecule has 0 aliphatic carbocycles. The Morgan fingerprint density at radius 1 is 1.61 bits per heavy atom. The summed E-state index contributed by atoms with van der Waals surface area (Å²) >= 11 is 0. The van der Waals surface area contributed by atoms with Gasteiger partial charge >= 0.3 is 0 Å². The number of nitriles is 1. The molecule has 0 saturated carbocycles. The van der Waals surface area contributed by atoms with Crippen molar-refractivity contribution in [3.8, 4) is 6.07 Å². The number of nitrogens with two attached hydrogens (primary N) is 1. The lowest BCUT2D eigenvalue weighted by atomic mass is 10.0. The third-order valence-electron chi connectivity index (χ3n) is 3.11. The highest BCUT2D eigenvalue weighted by molar-refractivity contribution is 5.98. The van der Waals surface area contributed by atoms with Gasteiger partial charge in [-0.25, -0.2) is 0 Å². The van der Waals surface area contributed by atoms with Crippen LogP contribution in [0.1, 0.15) is 25.3 Å². The maximum Gasteiger partial charge on any atom is 0.256 e. The largest absolute Gasteiger partial charge is 0.399 e. The molecule has 1 atom stereocenters. The molecule has 2 rings (SSSR count). The van der Waals surface area contributed by atoms with E-state index < -0.39 is 5.60 Å². The first kappa shape index (κ1) is 12.4. The Bertz CT molecular complexity index is 513. The highest BCUT2D eigenvalue weighted by Gasteiger charge is 2.37. The fourth-order valence-electron chi connectivity index (χ4n) is 1.98. The molecule has 0 radical (unpaired) electrons. The third-order valence-corrected chi connectivity index (χ3v) is 3.11. The summed E-state index contributed by atoms with van der Waals surface area (Å²) in [5.41, 5.74) is 6.11. The molecule has 5 heteroatoms. The molecule has 1 unspecified atom stereocenters. The van der Waals surface area contributed by atoms with Gasteiger partial charge in [0.25, 0.3) is 5.91 Å². The van der Waals surface area contributed by atoms with Crippen LogP contribution in [-0.4, -0.2) is 18.1 Å². The first-order valence-corrected chi connectivity index (χ1v) is 5.80. The average Bonchev–Trinajstić information content (AvgIpc) is 2.79. The van der Waals surface area contributed by atoms with Crippen molar-refractivity contribution in [2.75, 3.05) is 17.7 Å². The Balaban J connectivity index is 2.19.